The van der Waals surface area contributed by atoms with E-state index >= 15 is 0 Å². The van der Waals surface area contributed by atoms with Gasteiger partial charge in [0.1, 0.15) is 17.5 Å². The maximum atomic E-state index is 5.15. The molecule has 0 saturated carbocycles. The van der Waals surface area contributed by atoms with E-state index in [1.807, 2.05) is 6.92 Å². The zero-order valence-electron chi connectivity index (χ0n) is 10.6. The molecule has 1 fully saturated rings. The lowest BCUT2D eigenvalue weighted by atomic mass is 10.00. The first kappa shape index (κ1) is 11.4. The lowest BCUT2D eigenvalue weighted by Gasteiger charge is -2.31. The molecule has 0 radical (unpaired) electrons. The normalized spacial score (nSPS) is 24.3. The van der Waals surface area contributed by atoms with Crippen LogP contribution < -0.4 is 10.6 Å². The van der Waals surface area contributed by atoms with Crippen molar-refractivity contribution in [3.8, 4) is 0 Å². The zero-order chi connectivity index (χ0) is 12.5. The largest absolute Gasteiger partial charge is 0.365 e. The number of aromatic nitrogens is 3. The summed E-state index contributed by atoms with van der Waals surface area (Å²) in [7, 11) is 0. The summed E-state index contributed by atoms with van der Waals surface area (Å²) in [5.41, 5.74) is 1.37. The van der Waals surface area contributed by atoms with Gasteiger partial charge in [0.15, 0.2) is 0 Å². The van der Waals surface area contributed by atoms with Crippen molar-refractivity contribution >= 4 is 16.9 Å². The molecule has 2 unspecified atom stereocenters. The average molecular weight is 247 g/mol. The summed E-state index contributed by atoms with van der Waals surface area (Å²) in [6.45, 7) is 5.18. The highest BCUT2D eigenvalue weighted by Gasteiger charge is 2.22. The molecule has 3 rings (SSSR count). The molecule has 96 valence electrons. The summed E-state index contributed by atoms with van der Waals surface area (Å²) in [6, 6.07) is 0.815. The Hall–Kier alpha value is -1.69. The minimum Gasteiger partial charge on any atom is -0.365 e. The standard InChI is InChI=1S/C12H17N5O/c1-7-9(4-3-5-13-7)16-11-10-8(2)17-18-12(10)15-6-14-11/h6-7,9,13H,3-5H2,1-2H3,(H,14,15,16). The molecule has 0 aliphatic carbocycles. The quantitative estimate of drug-likeness (QED) is 0.837. The van der Waals surface area contributed by atoms with E-state index in [2.05, 4.69) is 32.7 Å². The number of anilines is 1. The van der Waals surface area contributed by atoms with Crippen LogP contribution in [0.2, 0.25) is 0 Å². The van der Waals surface area contributed by atoms with Gasteiger partial charge in [-0.2, -0.15) is 4.98 Å². The second-order valence-corrected chi connectivity index (χ2v) is 4.81. The van der Waals surface area contributed by atoms with Crippen molar-refractivity contribution in [2.75, 3.05) is 11.9 Å². The lowest BCUT2D eigenvalue weighted by molar-refractivity contribution is 0.389. The Labute approximate surface area is 105 Å². The van der Waals surface area contributed by atoms with Crippen molar-refractivity contribution in [3.05, 3.63) is 12.0 Å². The van der Waals surface area contributed by atoms with Gasteiger partial charge >= 0.3 is 0 Å². The maximum Gasteiger partial charge on any atom is 0.263 e. The minimum absolute atomic E-state index is 0.381. The Balaban J connectivity index is 1.92. The molecule has 2 aromatic heterocycles. The summed E-state index contributed by atoms with van der Waals surface area (Å²) < 4.78 is 5.15. The van der Waals surface area contributed by atoms with E-state index in [9.17, 15) is 0 Å². The van der Waals surface area contributed by atoms with Crippen LogP contribution in [-0.2, 0) is 0 Å². The first-order valence-electron chi connectivity index (χ1n) is 6.32. The summed E-state index contributed by atoms with van der Waals surface area (Å²) in [5, 5.41) is 11.8. The zero-order valence-corrected chi connectivity index (χ0v) is 10.6. The van der Waals surface area contributed by atoms with E-state index in [0.717, 1.165) is 29.9 Å². The second-order valence-electron chi connectivity index (χ2n) is 4.81. The molecule has 2 aromatic rings. The number of nitrogens with one attached hydrogen (secondary N) is 2. The van der Waals surface area contributed by atoms with E-state index in [1.165, 1.54) is 12.7 Å². The fraction of sp³-hybridized carbons (Fsp3) is 0.583. The van der Waals surface area contributed by atoms with Gasteiger partial charge in [0.05, 0.1) is 5.69 Å². The van der Waals surface area contributed by atoms with Crippen LogP contribution in [0, 0.1) is 6.92 Å². The highest BCUT2D eigenvalue weighted by molar-refractivity contribution is 5.87. The van der Waals surface area contributed by atoms with Crippen molar-refractivity contribution in [2.24, 2.45) is 0 Å². The molecule has 1 aliphatic heterocycles. The predicted molar refractivity (Wildman–Crippen MR) is 68.4 cm³/mol. The monoisotopic (exact) mass is 247 g/mol. The number of hydrogen-bond acceptors (Lipinski definition) is 6. The van der Waals surface area contributed by atoms with E-state index in [1.54, 1.807) is 0 Å². The number of fused-ring (bicyclic) bond motifs is 1. The SMILES string of the molecule is Cc1noc2ncnc(NC3CCCNC3C)c12. The van der Waals surface area contributed by atoms with E-state index < -0.39 is 0 Å². The number of aryl methyl sites for hydroxylation is 1. The maximum absolute atomic E-state index is 5.15. The Kier molecular flexibility index (Phi) is 2.87. The van der Waals surface area contributed by atoms with Gasteiger partial charge in [-0.3, -0.25) is 0 Å². The fourth-order valence-corrected chi connectivity index (χ4v) is 2.45. The summed E-state index contributed by atoms with van der Waals surface area (Å²) >= 11 is 0. The smallest absolute Gasteiger partial charge is 0.263 e. The van der Waals surface area contributed by atoms with E-state index in [0.29, 0.717) is 17.8 Å². The molecule has 0 spiro atoms. The van der Waals surface area contributed by atoms with Gasteiger partial charge in [0, 0.05) is 12.1 Å². The molecule has 3 heterocycles. The molecule has 1 saturated heterocycles. The minimum atomic E-state index is 0.381. The summed E-state index contributed by atoms with van der Waals surface area (Å²) in [6.07, 6.45) is 3.83. The predicted octanol–water partition coefficient (Wildman–Crippen LogP) is 1.48. The molecule has 2 N–H and O–H groups in total. The molecule has 0 bridgehead atoms. The number of piperidine rings is 1. The third-order valence-electron chi connectivity index (χ3n) is 3.53. The van der Waals surface area contributed by atoms with Crippen molar-refractivity contribution in [1.82, 2.24) is 20.4 Å². The molecular weight excluding hydrogens is 230 g/mol. The highest BCUT2D eigenvalue weighted by atomic mass is 16.5. The number of rotatable bonds is 2. The van der Waals surface area contributed by atoms with Gasteiger partial charge in [0.2, 0.25) is 0 Å². The van der Waals surface area contributed by atoms with Gasteiger partial charge < -0.3 is 15.2 Å². The van der Waals surface area contributed by atoms with Gasteiger partial charge in [-0.1, -0.05) is 5.16 Å². The molecule has 1 aliphatic rings. The third-order valence-corrected chi connectivity index (χ3v) is 3.53. The van der Waals surface area contributed by atoms with Crippen LogP contribution in [0.15, 0.2) is 10.9 Å². The molecule has 2 atom stereocenters. The van der Waals surface area contributed by atoms with Crippen molar-refractivity contribution < 1.29 is 4.52 Å². The van der Waals surface area contributed by atoms with Crippen LogP contribution in [0.5, 0.6) is 0 Å². The molecular formula is C12H17N5O. The number of hydrogen-bond donors (Lipinski definition) is 2. The van der Waals surface area contributed by atoms with Crippen molar-refractivity contribution in [3.63, 3.8) is 0 Å². The summed E-state index contributed by atoms with van der Waals surface area (Å²) in [5.74, 6) is 0.819. The van der Waals surface area contributed by atoms with Gasteiger partial charge in [-0.15, -0.1) is 0 Å². The Morgan fingerprint density at radius 3 is 3.17 bits per heavy atom. The van der Waals surface area contributed by atoms with Gasteiger partial charge in [-0.05, 0) is 33.2 Å². The highest BCUT2D eigenvalue weighted by Crippen LogP contribution is 2.24. The van der Waals surface area contributed by atoms with Crippen LogP contribution in [0.1, 0.15) is 25.5 Å². The van der Waals surface area contributed by atoms with Gasteiger partial charge in [-0.25, -0.2) is 4.98 Å². The van der Waals surface area contributed by atoms with Gasteiger partial charge in [0.25, 0.3) is 5.71 Å². The van der Waals surface area contributed by atoms with E-state index in [4.69, 9.17) is 4.52 Å². The van der Waals surface area contributed by atoms with Crippen LogP contribution in [0.4, 0.5) is 5.82 Å². The summed E-state index contributed by atoms with van der Waals surface area (Å²) in [4.78, 5) is 8.40. The Morgan fingerprint density at radius 1 is 1.44 bits per heavy atom. The first-order valence-corrected chi connectivity index (χ1v) is 6.32. The van der Waals surface area contributed by atoms with E-state index in [-0.39, 0.29) is 0 Å². The van der Waals surface area contributed by atoms with Crippen LogP contribution in [0.3, 0.4) is 0 Å². The van der Waals surface area contributed by atoms with Crippen LogP contribution in [0.25, 0.3) is 11.1 Å². The van der Waals surface area contributed by atoms with Crippen LogP contribution in [-0.4, -0.2) is 33.8 Å². The first-order chi connectivity index (χ1) is 8.75. The Bertz CT molecular complexity index is 552. The molecule has 18 heavy (non-hydrogen) atoms. The number of nitrogens with zero attached hydrogens (tertiary/aromatic N) is 3. The van der Waals surface area contributed by atoms with Crippen molar-refractivity contribution in [1.29, 1.82) is 0 Å². The molecule has 6 nitrogen and oxygen atoms in total. The topological polar surface area (TPSA) is 75.9 Å². The molecule has 0 aromatic carbocycles. The van der Waals surface area contributed by atoms with Crippen molar-refractivity contribution in [2.45, 2.75) is 38.8 Å². The lowest BCUT2D eigenvalue weighted by Crippen LogP contribution is -2.46. The third kappa shape index (κ3) is 1.92. The molecule has 0 amide bonds. The van der Waals surface area contributed by atoms with Crippen LogP contribution >= 0.6 is 0 Å². The molecule has 6 heteroatoms. The average Bonchev–Trinajstić information content (AvgIpc) is 2.75. The Morgan fingerprint density at radius 2 is 2.33 bits per heavy atom. The second kappa shape index (κ2) is 4.53. The fourth-order valence-electron chi connectivity index (χ4n) is 2.45.